The molecule has 2 atom stereocenters. The number of carbonyl (C=O) groups excluding carboxylic acids is 1. The standard InChI is InChI=1S/C14H27N3O2/c1-5-17(8-11(2)3)14(18)10-16-6-7-19-13(9-16)12(4)15/h12-13H,2,5-10,15H2,1,3-4H3. The summed E-state index contributed by atoms with van der Waals surface area (Å²) in [6.07, 6.45) is 0.0257. The van der Waals surface area contributed by atoms with Crippen LogP contribution < -0.4 is 5.73 Å². The number of amides is 1. The number of morpholine rings is 1. The van der Waals surface area contributed by atoms with Gasteiger partial charge in [-0.15, -0.1) is 0 Å². The van der Waals surface area contributed by atoms with E-state index in [1.807, 2.05) is 25.7 Å². The van der Waals surface area contributed by atoms with E-state index in [0.717, 1.165) is 18.7 Å². The largest absolute Gasteiger partial charge is 0.374 e. The number of carbonyl (C=O) groups is 1. The number of likely N-dealkylation sites (N-methyl/N-ethyl adjacent to an activating group) is 1. The number of hydrogen-bond acceptors (Lipinski definition) is 4. The van der Waals surface area contributed by atoms with Crippen LogP contribution in [0.25, 0.3) is 0 Å². The van der Waals surface area contributed by atoms with E-state index >= 15 is 0 Å². The summed E-state index contributed by atoms with van der Waals surface area (Å²) in [5.41, 5.74) is 6.86. The number of hydrogen-bond donors (Lipinski definition) is 1. The van der Waals surface area contributed by atoms with Gasteiger partial charge in [0, 0.05) is 32.2 Å². The van der Waals surface area contributed by atoms with Crippen LogP contribution in [0.15, 0.2) is 12.2 Å². The molecular weight excluding hydrogens is 242 g/mol. The highest BCUT2D eigenvalue weighted by atomic mass is 16.5. The Kier molecular flexibility index (Phi) is 6.48. The molecule has 0 aliphatic carbocycles. The molecule has 1 amide bonds. The van der Waals surface area contributed by atoms with E-state index in [2.05, 4.69) is 11.5 Å². The Morgan fingerprint density at radius 2 is 2.32 bits per heavy atom. The van der Waals surface area contributed by atoms with E-state index in [4.69, 9.17) is 10.5 Å². The summed E-state index contributed by atoms with van der Waals surface area (Å²) in [6.45, 7) is 13.7. The van der Waals surface area contributed by atoms with Crippen LogP contribution in [0.2, 0.25) is 0 Å². The lowest BCUT2D eigenvalue weighted by Crippen LogP contribution is -2.52. The topological polar surface area (TPSA) is 58.8 Å². The van der Waals surface area contributed by atoms with Gasteiger partial charge in [-0.2, -0.15) is 0 Å². The molecule has 5 nitrogen and oxygen atoms in total. The van der Waals surface area contributed by atoms with Crippen LogP contribution in [0, 0.1) is 0 Å². The number of nitrogens with zero attached hydrogens (tertiary/aromatic N) is 2. The summed E-state index contributed by atoms with van der Waals surface area (Å²) in [5, 5.41) is 0. The van der Waals surface area contributed by atoms with Gasteiger partial charge in [-0.05, 0) is 20.8 Å². The van der Waals surface area contributed by atoms with Gasteiger partial charge in [-0.25, -0.2) is 0 Å². The maximum absolute atomic E-state index is 12.2. The van der Waals surface area contributed by atoms with Crippen molar-refractivity contribution in [1.29, 1.82) is 0 Å². The normalized spacial score (nSPS) is 22.0. The molecule has 0 radical (unpaired) electrons. The molecule has 0 aromatic rings. The zero-order valence-electron chi connectivity index (χ0n) is 12.4. The quantitative estimate of drug-likeness (QED) is 0.712. The Hall–Kier alpha value is -0.910. The van der Waals surface area contributed by atoms with Crippen LogP contribution in [0.5, 0.6) is 0 Å². The van der Waals surface area contributed by atoms with E-state index < -0.39 is 0 Å². The smallest absolute Gasteiger partial charge is 0.237 e. The molecule has 1 aliphatic rings. The van der Waals surface area contributed by atoms with Crippen LogP contribution in [-0.2, 0) is 9.53 Å². The third kappa shape index (κ3) is 5.30. The van der Waals surface area contributed by atoms with Crippen molar-refractivity contribution in [3.05, 3.63) is 12.2 Å². The molecular formula is C14H27N3O2. The minimum atomic E-state index is -0.00407. The summed E-state index contributed by atoms with van der Waals surface area (Å²) >= 11 is 0. The first-order chi connectivity index (χ1) is 8.93. The monoisotopic (exact) mass is 269 g/mol. The number of ether oxygens (including phenoxy) is 1. The third-order valence-corrected chi connectivity index (χ3v) is 3.32. The van der Waals surface area contributed by atoms with E-state index in [1.54, 1.807) is 0 Å². The van der Waals surface area contributed by atoms with Gasteiger partial charge < -0.3 is 15.4 Å². The summed E-state index contributed by atoms with van der Waals surface area (Å²) in [4.78, 5) is 16.2. The maximum Gasteiger partial charge on any atom is 0.237 e. The SMILES string of the molecule is C=C(C)CN(CC)C(=O)CN1CCOC(C(C)N)C1. The summed E-state index contributed by atoms with van der Waals surface area (Å²) < 4.78 is 5.60. The highest BCUT2D eigenvalue weighted by Crippen LogP contribution is 2.08. The minimum absolute atomic E-state index is 0.00407. The van der Waals surface area contributed by atoms with Crippen LogP contribution in [0.1, 0.15) is 20.8 Å². The van der Waals surface area contributed by atoms with Crippen LogP contribution in [0.4, 0.5) is 0 Å². The number of rotatable bonds is 6. The predicted molar refractivity (Wildman–Crippen MR) is 76.9 cm³/mol. The van der Waals surface area contributed by atoms with Crippen molar-refractivity contribution in [3.8, 4) is 0 Å². The molecule has 5 heteroatoms. The van der Waals surface area contributed by atoms with Crippen molar-refractivity contribution < 1.29 is 9.53 Å². The fourth-order valence-corrected chi connectivity index (χ4v) is 2.19. The summed E-state index contributed by atoms with van der Waals surface area (Å²) in [5.74, 6) is 0.149. The van der Waals surface area contributed by atoms with Crippen molar-refractivity contribution in [3.63, 3.8) is 0 Å². The van der Waals surface area contributed by atoms with Crippen LogP contribution in [0.3, 0.4) is 0 Å². The molecule has 19 heavy (non-hydrogen) atoms. The first-order valence-electron chi connectivity index (χ1n) is 6.95. The van der Waals surface area contributed by atoms with Crippen LogP contribution >= 0.6 is 0 Å². The highest BCUT2D eigenvalue weighted by Gasteiger charge is 2.25. The Balaban J connectivity index is 2.48. The van der Waals surface area contributed by atoms with Gasteiger partial charge in [0.25, 0.3) is 0 Å². The van der Waals surface area contributed by atoms with Crippen molar-refractivity contribution in [2.45, 2.75) is 32.9 Å². The Bertz CT molecular complexity index is 318. The minimum Gasteiger partial charge on any atom is -0.374 e. The molecule has 0 spiro atoms. The fraction of sp³-hybridized carbons (Fsp3) is 0.786. The Labute approximate surface area is 116 Å². The Morgan fingerprint density at radius 3 is 2.84 bits per heavy atom. The summed E-state index contributed by atoms with van der Waals surface area (Å²) in [6, 6.07) is -0.00407. The van der Waals surface area contributed by atoms with E-state index in [0.29, 0.717) is 26.2 Å². The van der Waals surface area contributed by atoms with Crippen molar-refractivity contribution in [2.75, 3.05) is 39.3 Å². The van der Waals surface area contributed by atoms with Crippen molar-refractivity contribution in [1.82, 2.24) is 9.80 Å². The molecule has 0 bridgehead atoms. The number of nitrogens with two attached hydrogens (primary N) is 1. The second-order valence-electron chi connectivity index (χ2n) is 5.37. The van der Waals surface area contributed by atoms with Gasteiger partial charge in [0.2, 0.25) is 5.91 Å². The lowest BCUT2D eigenvalue weighted by Gasteiger charge is -2.35. The third-order valence-electron chi connectivity index (χ3n) is 3.32. The van der Waals surface area contributed by atoms with Crippen LogP contribution in [-0.4, -0.2) is 67.2 Å². The first-order valence-corrected chi connectivity index (χ1v) is 6.95. The van der Waals surface area contributed by atoms with Gasteiger partial charge in [-0.1, -0.05) is 12.2 Å². The average Bonchev–Trinajstić information content (AvgIpc) is 2.35. The highest BCUT2D eigenvalue weighted by molar-refractivity contribution is 5.78. The van der Waals surface area contributed by atoms with Gasteiger partial charge in [0.15, 0.2) is 0 Å². The van der Waals surface area contributed by atoms with Gasteiger partial charge >= 0.3 is 0 Å². The molecule has 1 heterocycles. The lowest BCUT2D eigenvalue weighted by atomic mass is 10.1. The fourth-order valence-electron chi connectivity index (χ4n) is 2.19. The molecule has 1 aliphatic heterocycles. The molecule has 1 fully saturated rings. The first kappa shape index (κ1) is 16.1. The molecule has 0 aromatic carbocycles. The second-order valence-corrected chi connectivity index (χ2v) is 5.37. The molecule has 0 saturated carbocycles. The molecule has 2 N–H and O–H groups in total. The Morgan fingerprint density at radius 1 is 1.63 bits per heavy atom. The van der Waals surface area contributed by atoms with E-state index in [1.165, 1.54) is 0 Å². The van der Waals surface area contributed by atoms with E-state index in [-0.39, 0.29) is 18.1 Å². The molecule has 2 unspecified atom stereocenters. The predicted octanol–water partition coefficient (Wildman–Crippen LogP) is 0.459. The maximum atomic E-state index is 12.2. The van der Waals surface area contributed by atoms with Gasteiger partial charge in [0.1, 0.15) is 0 Å². The van der Waals surface area contributed by atoms with Crippen molar-refractivity contribution in [2.24, 2.45) is 5.73 Å². The second kappa shape index (κ2) is 7.62. The zero-order valence-corrected chi connectivity index (χ0v) is 12.4. The average molecular weight is 269 g/mol. The molecule has 0 aromatic heterocycles. The van der Waals surface area contributed by atoms with Gasteiger partial charge in [0.05, 0.1) is 19.3 Å². The molecule has 1 rings (SSSR count). The zero-order chi connectivity index (χ0) is 14.4. The molecule has 110 valence electrons. The lowest BCUT2D eigenvalue weighted by molar-refractivity contribution is -0.134. The molecule has 1 saturated heterocycles. The summed E-state index contributed by atoms with van der Waals surface area (Å²) in [7, 11) is 0. The van der Waals surface area contributed by atoms with E-state index in [9.17, 15) is 4.79 Å². The van der Waals surface area contributed by atoms with Crippen molar-refractivity contribution >= 4 is 5.91 Å². The van der Waals surface area contributed by atoms with Gasteiger partial charge in [-0.3, -0.25) is 9.69 Å².